The number of thiophene rings is 1. The van der Waals surface area contributed by atoms with E-state index in [9.17, 15) is 0 Å². The van der Waals surface area contributed by atoms with Gasteiger partial charge in [-0.15, -0.1) is 11.3 Å². The van der Waals surface area contributed by atoms with Crippen LogP contribution in [0, 0.1) is 0 Å². The van der Waals surface area contributed by atoms with Gasteiger partial charge in [0.2, 0.25) is 0 Å². The molecule has 2 aromatic heterocycles. The molecule has 0 fully saturated rings. The molecule has 0 saturated heterocycles. The first-order chi connectivity index (χ1) is 8.24. The van der Waals surface area contributed by atoms with Gasteiger partial charge in [0.05, 0.1) is 0 Å². The van der Waals surface area contributed by atoms with Crippen LogP contribution >= 0.6 is 11.3 Å². The minimum Gasteiger partial charge on any atom is -0.323 e. The zero-order valence-electron chi connectivity index (χ0n) is 10.3. The maximum absolute atomic E-state index is 6.21. The van der Waals surface area contributed by atoms with Gasteiger partial charge in [0.25, 0.3) is 0 Å². The minimum absolute atomic E-state index is 0.0230. The van der Waals surface area contributed by atoms with Crippen LogP contribution in [0.3, 0.4) is 0 Å². The van der Waals surface area contributed by atoms with Crippen LogP contribution in [0.1, 0.15) is 35.5 Å². The third-order valence-corrected chi connectivity index (χ3v) is 4.16. The fourth-order valence-corrected chi connectivity index (χ4v) is 2.75. The SMILES string of the molecule is CCc1ccc(C(N)Cc2ncnn2CC)s1. The van der Waals surface area contributed by atoms with Crippen LogP contribution in [0.5, 0.6) is 0 Å². The van der Waals surface area contributed by atoms with Crippen molar-refractivity contribution in [1.29, 1.82) is 0 Å². The molecule has 0 bridgehead atoms. The molecule has 0 radical (unpaired) electrons. The number of nitrogens with zero attached hydrogens (tertiary/aromatic N) is 3. The van der Waals surface area contributed by atoms with Crippen molar-refractivity contribution >= 4 is 11.3 Å². The Kier molecular flexibility index (Phi) is 3.91. The molecule has 0 aliphatic heterocycles. The second-order valence-electron chi connectivity index (χ2n) is 3.96. The number of nitrogens with two attached hydrogens (primary N) is 1. The Morgan fingerprint density at radius 3 is 2.88 bits per heavy atom. The average Bonchev–Trinajstić information content (AvgIpc) is 2.96. The lowest BCUT2D eigenvalue weighted by atomic mass is 10.2. The largest absolute Gasteiger partial charge is 0.323 e. The molecular weight excluding hydrogens is 232 g/mol. The van der Waals surface area contributed by atoms with Crippen molar-refractivity contribution in [2.24, 2.45) is 5.73 Å². The molecule has 0 aliphatic rings. The van der Waals surface area contributed by atoms with Gasteiger partial charge in [0, 0.05) is 28.8 Å². The molecule has 2 aromatic rings. The number of hydrogen-bond donors (Lipinski definition) is 1. The summed E-state index contributed by atoms with van der Waals surface area (Å²) < 4.78 is 1.90. The van der Waals surface area contributed by atoms with Crippen LogP contribution in [-0.4, -0.2) is 14.8 Å². The summed E-state index contributed by atoms with van der Waals surface area (Å²) in [7, 11) is 0. The maximum Gasteiger partial charge on any atom is 0.138 e. The van der Waals surface area contributed by atoms with Gasteiger partial charge in [-0.2, -0.15) is 5.10 Å². The van der Waals surface area contributed by atoms with Gasteiger partial charge in [0.1, 0.15) is 12.2 Å². The van der Waals surface area contributed by atoms with E-state index in [0.29, 0.717) is 0 Å². The van der Waals surface area contributed by atoms with Crippen LogP contribution in [-0.2, 0) is 19.4 Å². The average molecular weight is 250 g/mol. The molecular formula is C12H18N4S. The van der Waals surface area contributed by atoms with Gasteiger partial charge in [-0.3, -0.25) is 4.68 Å². The van der Waals surface area contributed by atoms with E-state index in [4.69, 9.17) is 5.73 Å². The van der Waals surface area contributed by atoms with Crippen LogP contribution in [0.2, 0.25) is 0 Å². The highest BCUT2D eigenvalue weighted by atomic mass is 32.1. The first-order valence-electron chi connectivity index (χ1n) is 5.95. The topological polar surface area (TPSA) is 56.7 Å². The molecule has 0 saturated carbocycles. The van der Waals surface area contributed by atoms with E-state index >= 15 is 0 Å². The molecule has 1 unspecified atom stereocenters. The first-order valence-corrected chi connectivity index (χ1v) is 6.77. The second-order valence-corrected chi connectivity index (χ2v) is 5.16. The highest BCUT2D eigenvalue weighted by molar-refractivity contribution is 7.12. The predicted molar refractivity (Wildman–Crippen MR) is 70.0 cm³/mol. The summed E-state index contributed by atoms with van der Waals surface area (Å²) in [5.74, 6) is 0.964. The highest BCUT2D eigenvalue weighted by Gasteiger charge is 2.13. The lowest BCUT2D eigenvalue weighted by Gasteiger charge is -2.09. The van der Waals surface area contributed by atoms with E-state index in [2.05, 4.69) is 36.1 Å². The van der Waals surface area contributed by atoms with E-state index in [1.165, 1.54) is 9.75 Å². The van der Waals surface area contributed by atoms with Crippen molar-refractivity contribution in [3.63, 3.8) is 0 Å². The zero-order valence-corrected chi connectivity index (χ0v) is 11.1. The molecule has 2 heterocycles. The summed E-state index contributed by atoms with van der Waals surface area (Å²) in [6, 6.07) is 4.31. The number of aromatic nitrogens is 3. The molecule has 0 amide bonds. The predicted octanol–water partition coefficient (Wildman–Crippen LogP) is 2.16. The van der Waals surface area contributed by atoms with Gasteiger partial charge in [-0.25, -0.2) is 4.98 Å². The Morgan fingerprint density at radius 2 is 2.24 bits per heavy atom. The normalized spacial score (nSPS) is 12.9. The fraction of sp³-hybridized carbons (Fsp3) is 0.500. The van der Waals surface area contributed by atoms with Crippen LogP contribution in [0.15, 0.2) is 18.5 Å². The molecule has 0 aliphatic carbocycles. The number of rotatable bonds is 5. The van der Waals surface area contributed by atoms with E-state index in [1.807, 2.05) is 4.68 Å². The Hall–Kier alpha value is -1.20. The summed E-state index contributed by atoms with van der Waals surface area (Å²) in [6.07, 6.45) is 3.41. The number of aryl methyl sites for hydroxylation is 2. The van der Waals surface area contributed by atoms with Crippen molar-refractivity contribution in [2.75, 3.05) is 0 Å². The summed E-state index contributed by atoms with van der Waals surface area (Å²) in [6.45, 7) is 5.06. The van der Waals surface area contributed by atoms with Gasteiger partial charge in [-0.05, 0) is 25.5 Å². The summed E-state index contributed by atoms with van der Waals surface area (Å²) in [5, 5.41) is 4.16. The maximum atomic E-state index is 6.21. The molecule has 0 spiro atoms. The van der Waals surface area contributed by atoms with E-state index in [0.717, 1.165) is 25.2 Å². The van der Waals surface area contributed by atoms with Crippen molar-refractivity contribution in [1.82, 2.24) is 14.8 Å². The quantitative estimate of drug-likeness (QED) is 0.884. The molecule has 17 heavy (non-hydrogen) atoms. The molecule has 4 nitrogen and oxygen atoms in total. The minimum atomic E-state index is 0.0230. The monoisotopic (exact) mass is 250 g/mol. The smallest absolute Gasteiger partial charge is 0.138 e. The zero-order chi connectivity index (χ0) is 12.3. The van der Waals surface area contributed by atoms with Gasteiger partial charge >= 0.3 is 0 Å². The van der Waals surface area contributed by atoms with E-state index < -0.39 is 0 Å². The Bertz CT molecular complexity index is 474. The third-order valence-electron chi connectivity index (χ3n) is 2.79. The molecule has 92 valence electrons. The van der Waals surface area contributed by atoms with Crippen molar-refractivity contribution in [3.05, 3.63) is 34.0 Å². The van der Waals surface area contributed by atoms with Crippen LogP contribution < -0.4 is 5.73 Å². The Labute approximate surface area is 105 Å². The van der Waals surface area contributed by atoms with E-state index in [1.54, 1.807) is 17.7 Å². The third kappa shape index (κ3) is 2.73. The Morgan fingerprint density at radius 1 is 1.41 bits per heavy atom. The molecule has 0 aromatic carbocycles. The van der Waals surface area contributed by atoms with Crippen LogP contribution in [0.4, 0.5) is 0 Å². The van der Waals surface area contributed by atoms with E-state index in [-0.39, 0.29) is 6.04 Å². The number of hydrogen-bond acceptors (Lipinski definition) is 4. The molecule has 2 rings (SSSR count). The first kappa shape index (κ1) is 12.3. The lowest BCUT2D eigenvalue weighted by Crippen LogP contribution is -2.15. The highest BCUT2D eigenvalue weighted by Crippen LogP contribution is 2.24. The van der Waals surface area contributed by atoms with Crippen molar-refractivity contribution in [2.45, 2.75) is 39.3 Å². The summed E-state index contributed by atoms with van der Waals surface area (Å²) in [4.78, 5) is 6.87. The summed E-state index contributed by atoms with van der Waals surface area (Å²) in [5.41, 5.74) is 6.21. The molecule has 1 atom stereocenters. The molecule has 5 heteroatoms. The lowest BCUT2D eigenvalue weighted by molar-refractivity contribution is 0.584. The fourth-order valence-electron chi connectivity index (χ4n) is 1.79. The van der Waals surface area contributed by atoms with Gasteiger partial charge < -0.3 is 5.73 Å². The van der Waals surface area contributed by atoms with Crippen molar-refractivity contribution < 1.29 is 0 Å². The van der Waals surface area contributed by atoms with Crippen LogP contribution in [0.25, 0.3) is 0 Å². The Balaban J connectivity index is 2.08. The second kappa shape index (κ2) is 5.42. The van der Waals surface area contributed by atoms with Gasteiger partial charge in [-0.1, -0.05) is 6.92 Å². The summed E-state index contributed by atoms with van der Waals surface area (Å²) >= 11 is 1.79. The van der Waals surface area contributed by atoms with Crippen molar-refractivity contribution in [3.8, 4) is 0 Å². The molecule has 2 N–H and O–H groups in total. The standard InChI is InChI=1S/C12H18N4S/c1-3-9-5-6-11(17-9)10(13)7-12-14-8-15-16(12)4-2/h5-6,8,10H,3-4,7,13H2,1-2H3. The van der Waals surface area contributed by atoms with Gasteiger partial charge in [0.15, 0.2) is 0 Å².